The average molecular weight is 203 g/mol. The molecule has 2 nitrogen and oxygen atoms in total. The predicted molar refractivity (Wildman–Crippen MR) is 61.0 cm³/mol. The van der Waals surface area contributed by atoms with Crippen molar-refractivity contribution in [1.82, 2.24) is 0 Å². The van der Waals surface area contributed by atoms with E-state index in [0.717, 1.165) is 16.9 Å². The Morgan fingerprint density at radius 1 is 1.27 bits per heavy atom. The molecule has 0 radical (unpaired) electrons. The molecule has 2 heteroatoms. The van der Waals surface area contributed by atoms with Crippen molar-refractivity contribution >= 4 is 0 Å². The summed E-state index contributed by atoms with van der Waals surface area (Å²) in [5, 5.41) is 8.72. The highest BCUT2D eigenvalue weighted by atomic mass is 16.5. The topological polar surface area (TPSA) is 33.0 Å². The standard InChI is InChI=1S/C13H17NO/c1-9(2)12-6-5-10(3)7-13(12)15-11(4)8-14/h5-7,9,11H,1-4H3. The molecule has 0 aliphatic rings. The molecule has 1 unspecified atom stereocenters. The maximum absolute atomic E-state index is 8.72. The van der Waals surface area contributed by atoms with Crippen LogP contribution in [0.2, 0.25) is 0 Å². The summed E-state index contributed by atoms with van der Waals surface area (Å²) in [4.78, 5) is 0. The van der Waals surface area contributed by atoms with Gasteiger partial charge in [-0.15, -0.1) is 0 Å². The van der Waals surface area contributed by atoms with Crippen molar-refractivity contribution in [3.8, 4) is 11.8 Å². The van der Waals surface area contributed by atoms with Gasteiger partial charge in [0, 0.05) is 0 Å². The van der Waals surface area contributed by atoms with E-state index in [1.165, 1.54) is 0 Å². The lowest BCUT2D eigenvalue weighted by Crippen LogP contribution is -2.10. The second kappa shape index (κ2) is 4.84. The molecule has 1 rings (SSSR count). The summed E-state index contributed by atoms with van der Waals surface area (Å²) in [5.41, 5.74) is 2.31. The third-order valence-electron chi connectivity index (χ3n) is 2.28. The highest BCUT2D eigenvalue weighted by Gasteiger charge is 2.10. The highest BCUT2D eigenvalue weighted by Crippen LogP contribution is 2.28. The van der Waals surface area contributed by atoms with Crippen molar-refractivity contribution in [2.45, 2.75) is 39.7 Å². The van der Waals surface area contributed by atoms with Gasteiger partial charge in [0.15, 0.2) is 6.10 Å². The minimum absolute atomic E-state index is 0.399. The van der Waals surface area contributed by atoms with E-state index in [9.17, 15) is 0 Å². The van der Waals surface area contributed by atoms with Gasteiger partial charge in [-0.05, 0) is 37.0 Å². The maximum atomic E-state index is 8.72. The average Bonchev–Trinajstić information content (AvgIpc) is 2.17. The largest absolute Gasteiger partial charge is 0.476 e. The number of nitriles is 1. The van der Waals surface area contributed by atoms with Crippen LogP contribution < -0.4 is 4.74 Å². The summed E-state index contributed by atoms with van der Waals surface area (Å²) in [7, 11) is 0. The van der Waals surface area contributed by atoms with Crippen LogP contribution in [0, 0.1) is 18.3 Å². The van der Waals surface area contributed by atoms with Crippen LogP contribution in [0.5, 0.6) is 5.75 Å². The van der Waals surface area contributed by atoms with Crippen molar-refractivity contribution < 1.29 is 4.74 Å². The molecule has 0 bridgehead atoms. The SMILES string of the molecule is Cc1ccc(C(C)C)c(OC(C)C#N)c1. The minimum atomic E-state index is -0.399. The second-order valence-electron chi connectivity index (χ2n) is 4.09. The molecule has 0 saturated carbocycles. The van der Waals surface area contributed by atoms with E-state index in [1.54, 1.807) is 6.92 Å². The summed E-state index contributed by atoms with van der Waals surface area (Å²) in [6.45, 7) is 8.02. The van der Waals surface area contributed by atoms with E-state index in [2.05, 4.69) is 32.0 Å². The molecule has 1 aromatic carbocycles. The maximum Gasteiger partial charge on any atom is 0.181 e. The van der Waals surface area contributed by atoms with Gasteiger partial charge >= 0.3 is 0 Å². The summed E-state index contributed by atoms with van der Waals surface area (Å²) in [6.07, 6.45) is -0.399. The Bertz CT molecular complexity index is 377. The van der Waals surface area contributed by atoms with Gasteiger partial charge in [0.2, 0.25) is 0 Å². The molecule has 0 heterocycles. The second-order valence-corrected chi connectivity index (χ2v) is 4.09. The van der Waals surface area contributed by atoms with Crippen molar-refractivity contribution in [2.24, 2.45) is 0 Å². The molecule has 0 saturated heterocycles. The van der Waals surface area contributed by atoms with E-state index in [4.69, 9.17) is 10.00 Å². The Labute approximate surface area is 91.5 Å². The van der Waals surface area contributed by atoms with Crippen molar-refractivity contribution in [3.05, 3.63) is 29.3 Å². The fourth-order valence-corrected chi connectivity index (χ4v) is 1.44. The zero-order valence-electron chi connectivity index (χ0n) is 9.74. The third-order valence-corrected chi connectivity index (χ3v) is 2.28. The molecule has 0 aliphatic heterocycles. The van der Waals surface area contributed by atoms with E-state index in [0.29, 0.717) is 5.92 Å². The van der Waals surface area contributed by atoms with Gasteiger partial charge in [-0.1, -0.05) is 26.0 Å². The predicted octanol–water partition coefficient (Wildman–Crippen LogP) is 3.41. The first-order chi connectivity index (χ1) is 7.04. The lowest BCUT2D eigenvalue weighted by molar-refractivity contribution is 0.272. The number of nitrogens with zero attached hydrogens (tertiary/aromatic N) is 1. The Morgan fingerprint density at radius 2 is 1.93 bits per heavy atom. The van der Waals surface area contributed by atoms with Crippen molar-refractivity contribution in [3.63, 3.8) is 0 Å². The molecule has 1 atom stereocenters. The number of ether oxygens (including phenoxy) is 1. The molecular formula is C13H17NO. The molecule has 80 valence electrons. The van der Waals surface area contributed by atoms with E-state index >= 15 is 0 Å². The number of rotatable bonds is 3. The number of hydrogen-bond donors (Lipinski definition) is 0. The van der Waals surface area contributed by atoms with Gasteiger partial charge in [0.25, 0.3) is 0 Å². The molecule has 0 aromatic heterocycles. The molecule has 0 aliphatic carbocycles. The van der Waals surface area contributed by atoms with Crippen LogP contribution in [0.3, 0.4) is 0 Å². The molecule has 0 amide bonds. The fraction of sp³-hybridized carbons (Fsp3) is 0.462. The normalized spacial score (nSPS) is 12.3. The Morgan fingerprint density at radius 3 is 2.47 bits per heavy atom. The first-order valence-corrected chi connectivity index (χ1v) is 5.21. The first-order valence-electron chi connectivity index (χ1n) is 5.21. The van der Waals surface area contributed by atoms with Gasteiger partial charge in [-0.2, -0.15) is 5.26 Å². The van der Waals surface area contributed by atoms with Crippen LogP contribution in [-0.4, -0.2) is 6.10 Å². The van der Waals surface area contributed by atoms with E-state index in [1.807, 2.05) is 13.0 Å². The van der Waals surface area contributed by atoms with Crippen molar-refractivity contribution in [2.75, 3.05) is 0 Å². The van der Waals surface area contributed by atoms with Crippen LogP contribution in [0.4, 0.5) is 0 Å². The minimum Gasteiger partial charge on any atom is -0.476 e. The molecule has 0 spiro atoms. The zero-order chi connectivity index (χ0) is 11.4. The molecule has 1 aromatic rings. The smallest absolute Gasteiger partial charge is 0.181 e. The molecular weight excluding hydrogens is 186 g/mol. The van der Waals surface area contributed by atoms with Crippen LogP contribution >= 0.6 is 0 Å². The number of benzene rings is 1. The van der Waals surface area contributed by atoms with Crippen molar-refractivity contribution in [1.29, 1.82) is 5.26 Å². The van der Waals surface area contributed by atoms with Crippen LogP contribution in [0.1, 0.15) is 37.8 Å². The number of aryl methyl sites for hydroxylation is 1. The van der Waals surface area contributed by atoms with Gasteiger partial charge in [-0.3, -0.25) is 0 Å². The van der Waals surface area contributed by atoms with Crippen LogP contribution in [-0.2, 0) is 0 Å². The molecule has 0 fully saturated rings. The van der Waals surface area contributed by atoms with Gasteiger partial charge in [-0.25, -0.2) is 0 Å². The lowest BCUT2D eigenvalue weighted by Gasteiger charge is -2.15. The molecule has 15 heavy (non-hydrogen) atoms. The van der Waals surface area contributed by atoms with Gasteiger partial charge in [0.1, 0.15) is 11.8 Å². The monoisotopic (exact) mass is 203 g/mol. The lowest BCUT2D eigenvalue weighted by atomic mass is 10.0. The summed E-state index contributed by atoms with van der Waals surface area (Å²) in [5.74, 6) is 1.24. The Kier molecular flexibility index (Phi) is 3.74. The third kappa shape index (κ3) is 2.99. The Hall–Kier alpha value is -1.49. The highest BCUT2D eigenvalue weighted by molar-refractivity contribution is 5.39. The fourth-order valence-electron chi connectivity index (χ4n) is 1.44. The number of hydrogen-bond acceptors (Lipinski definition) is 2. The quantitative estimate of drug-likeness (QED) is 0.754. The summed E-state index contributed by atoms with van der Waals surface area (Å²) >= 11 is 0. The summed E-state index contributed by atoms with van der Waals surface area (Å²) in [6, 6.07) is 8.20. The summed E-state index contributed by atoms with van der Waals surface area (Å²) < 4.78 is 5.58. The van der Waals surface area contributed by atoms with E-state index in [-0.39, 0.29) is 0 Å². The zero-order valence-corrected chi connectivity index (χ0v) is 9.74. The van der Waals surface area contributed by atoms with Gasteiger partial charge < -0.3 is 4.74 Å². The Balaban J connectivity index is 3.03. The first kappa shape index (κ1) is 11.6. The van der Waals surface area contributed by atoms with Gasteiger partial charge in [0.05, 0.1) is 0 Å². The van der Waals surface area contributed by atoms with Crippen LogP contribution in [0.15, 0.2) is 18.2 Å². The van der Waals surface area contributed by atoms with Crippen LogP contribution in [0.25, 0.3) is 0 Å². The molecule has 0 N–H and O–H groups in total. The van der Waals surface area contributed by atoms with E-state index < -0.39 is 6.10 Å².